The van der Waals surface area contributed by atoms with Gasteiger partial charge in [-0.15, -0.1) is 0 Å². The molecule has 3 rings (SSSR count). The number of carbonyl (C=O) groups excluding carboxylic acids is 1. The van der Waals surface area contributed by atoms with Crippen molar-refractivity contribution in [1.82, 2.24) is 15.1 Å². The van der Waals surface area contributed by atoms with Gasteiger partial charge in [-0.05, 0) is 43.4 Å². The van der Waals surface area contributed by atoms with Gasteiger partial charge in [0, 0.05) is 25.1 Å². The molecule has 0 aromatic carbocycles. The number of hydrogen-bond donors (Lipinski definition) is 1. The summed E-state index contributed by atoms with van der Waals surface area (Å²) in [5, 5.41) is 7.46. The third-order valence-corrected chi connectivity index (χ3v) is 4.87. The van der Waals surface area contributed by atoms with Crippen LogP contribution in [0.2, 0.25) is 0 Å². The number of furan rings is 1. The lowest BCUT2D eigenvalue weighted by Crippen LogP contribution is -2.41. The lowest BCUT2D eigenvalue weighted by Gasteiger charge is -2.29. The molecule has 1 fully saturated rings. The van der Waals surface area contributed by atoms with Crippen LogP contribution in [0.4, 0.5) is 0 Å². The van der Waals surface area contributed by atoms with E-state index in [9.17, 15) is 9.59 Å². The van der Waals surface area contributed by atoms with E-state index in [1.54, 1.807) is 24.5 Å². The Hall–Kier alpha value is -2.37. The first-order valence-electron chi connectivity index (χ1n) is 9.05. The molecule has 0 bridgehead atoms. The number of rotatable bonds is 6. The Morgan fingerprint density at radius 3 is 2.92 bits per heavy atom. The van der Waals surface area contributed by atoms with E-state index >= 15 is 0 Å². The Morgan fingerprint density at radius 1 is 1.32 bits per heavy atom. The van der Waals surface area contributed by atoms with Crippen LogP contribution in [0.5, 0.6) is 0 Å². The smallest absolute Gasteiger partial charge is 0.266 e. The fourth-order valence-corrected chi connectivity index (χ4v) is 3.36. The van der Waals surface area contributed by atoms with Gasteiger partial charge in [-0.2, -0.15) is 5.10 Å². The second kappa shape index (κ2) is 8.14. The van der Waals surface area contributed by atoms with Crippen LogP contribution in [-0.4, -0.2) is 21.7 Å². The average molecular weight is 343 g/mol. The molecule has 0 saturated heterocycles. The van der Waals surface area contributed by atoms with E-state index in [1.807, 2.05) is 0 Å². The fourth-order valence-electron chi connectivity index (χ4n) is 3.36. The minimum Gasteiger partial charge on any atom is -0.463 e. The van der Waals surface area contributed by atoms with E-state index in [0.29, 0.717) is 42.8 Å². The average Bonchev–Trinajstić information content (AvgIpc) is 3.13. The van der Waals surface area contributed by atoms with Crippen LogP contribution in [0.15, 0.2) is 39.7 Å². The summed E-state index contributed by atoms with van der Waals surface area (Å²) in [6, 6.07) is 7.01. The highest BCUT2D eigenvalue weighted by Gasteiger charge is 2.22. The summed E-state index contributed by atoms with van der Waals surface area (Å²) in [6.07, 6.45) is 7.26. The predicted octanol–water partition coefficient (Wildman–Crippen LogP) is 2.98. The van der Waals surface area contributed by atoms with Crippen LogP contribution in [0.3, 0.4) is 0 Å². The minimum absolute atomic E-state index is 0.0639. The molecule has 1 aliphatic rings. The Labute approximate surface area is 147 Å². The standard InChI is InChI=1S/C19H25N3O3/c1-14-6-2-3-7-15(14)20-18(23)9-4-12-22-19(24)11-10-16(21-22)17-8-5-13-25-17/h5,8,10-11,13-15H,2-4,6-7,9,12H2,1H3,(H,20,23). The molecule has 0 spiro atoms. The SMILES string of the molecule is CC1CCCCC1NC(=O)CCCn1nc(-c2ccco2)ccc1=O. The maximum absolute atomic E-state index is 12.2. The summed E-state index contributed by atoms with van der Waals surface area (Å²) < 4.78 is 6.71. The molecular formula is C19H25N3O3. The number of nitrogens with one attached hydrogen (secondary N) is 1. The summed E-state index contributed by atoms with van der Waals surface area (Å²) in [5.41, 5.74) is 0.446. The maximum atomic E-state index is 12.2. The summed E-state index contributed by atoms with van der Waals surface area (Å²) in [4.78, 5) is 24.1. The van der Waals surface area contributed by atoms with Crippen LogP contribution in [0.1, 0.15) is 45.4 Å². The number of aryl methyl sites for hydroxylation is 1. The molecule has 25 heavy (non-hydrogen) atoms. The van der Waals surface area contributed by atoms with E-state index < -0.39 is 0 Å². The van der Waals surface area contributed by atoms with Crippen LogP contribution in [-0.2, 0) is 11.3 Å². The van der Waals surface area contributed by atoms with E-state index in [0.717, 1.165) is 6.42 Å². The van der Waals surface area contributed by atoms with Crippen LogP contribution >= 0.6 is 0 Å². The van der Waals surface area contributed by atoms with E-state index in [4.69, 9.17) is 4.42 Å². The Balaban J connectivity index is 1.52. The Morgan fingerprint density at radius 2 is 2.16 bits per heavy atom. The van der Waals surface area contributed by atoms with Crippen molar-refractivity contribution in [1.29, 1.82) is 0 Å². The van der Waals surface area contributed by atoms with E-state index in [1.165, 1.54) is 30.0 Å². The number of nitrogens with zero attached hydrogens (tertiary/aromatic N) is 2. The molecule has 1 amide bonds. The van der Waals surface area contributed by atoms with Gasteiger partial charge in [0.05, 0.1) is 6.26 Å². The number of carbonyl (C=O) groups is 1. The quantitative estimate of drug-likeness (QED) is 0.875. The largest absolute Gasteiger partial charge is 0.463 e. The first-order chi connectivity index (χ1) is 12.1. The van der Waals surface area contributed by atoms with Crippen molar-refractivity contribution in [2.45, 2.75) is 58.0 Å². The van der Waals surface area contributed by atoms with Gasteiger partial charge in [-0.3, -0.25) is 9.59 Å². The molecule has 2 aromatic rings. The highest BCUT2D eigenvalue weighted by atomic mass is 16.3. The summed E-state index contributed by atoms with van der Waals surface area (Å²) in [6.45, 7) is 2.62. The molecule has 1 aliphatic carbocycles. The van der Waals surface area contributed by atoms with Crippen LogP contribution < -0.4 is 10.9 Å². The van der Waals surface area contributed by atoms with Gasteiger partial charge in [0.15, 0.2) is 5.76 Å². The molecule has 1 saturated carbocycles. The van der Waals surface area contributed by atoms with Crippen molar-refractivity contribution in [2.24, 2.45) is 5.92 Å². The molecule has 6 nitrogen and oxygen atoms in total. The monoisotopic (exact) mass is 343 g/mol. The molecule has 2 aromatic heterocycles. The van der Waals surface area contributed by atoms with Gasteiger partial charge in [0.2, 0.25) is 5.91 Å². The zero-order chi connectivity index (χ0) is 17.6. The van der Waals surface area contributed by atoms with E-state index in [-0.39, 0.29) is 11.5 Å². The highest BCUT2D eigenvalue weighted by molar-refractivity contribution is 5.76. The highest BCUT2D eigenvalue weighted by Crippen LogP contribution is 2.23. The molecule has 134 valence electrons. The molecule has 0 radical (unpaired) electrons. The second-order valence-corrected chi connectivity index (χ2v) is 6.80. The first kappa shape index (κ1) is 17.5. The lowest BCUT2D eigenvalue weighted by atomic mass is 9.86. The van der Waals surface area contributed by atoms with Crippen molar-refractivity contribution in [3.8, 4) is 11.5 Å². The molecular weight excluding hydrogens is 318 g/mol. The molecule has 2 heterocycles. The molecule has 1 N–H and O–H groups in total. The van der Waals surface area contributed by atoms with Gasteiger partial charge in [0.25, 0.3) is 5.56 Å². The Bertz CT molecular complexity index is 752. The van der Waals surface area contributed by atoms with Crippen molar-refractivity contribution >= 4 is 5.91 Å². The summed E-state index contributed by atoms with van der Waals surface area (Å²) in [5.74, 6) is 1.23. The molecule has 0 aliphatic heterocycles. The first-order valence-corrected chi connectivity index (χ1v) is 9.05. The molecule has 2 atom stereocenters. The zero-order valence-electron chi connectivity index (χ0n) is 14.6. The second-order valence-electron chi connectivity index (χ2n) is 6.80. The number of hydrogen-bond acceptors (Lipinski definition) is 4. The third kappa shape index (κ3) is 4.59. The predicted molar refractivity (Wildman–Crippen MR) is 95.0 cm³/mol. The maximum Gasteiger partial charge on any atom is 0.266 e. The van der Waals surface area contributed by atoms with Gasteiger partial charge in [0.1, 0.15) is 5.69 Å². The van der Waals surface area contributed by atoms with E-state index in [2.05, 4.69) is 17.3 Å². The van der Waals surface area contributed by atoms with Gasteiger partial charge in [-0.25, -0.2) is 4.68 Å². The normalized spacial score (nSPS) is 20.4. The van der Waals surface area contributed by atoms with Crippen LogP contribution in [0, 0.1) is 5.92 Å². The minimum atomic E-state index is -0.170. The fraction of sp³-hybridized carbons (Fsp3) is 0.526. The lowest BCUT2D eigenvalue weighted by molar-refractivity contribution is -0.122. The van der Waals surface area contributed by atoms with Crippen molar-refractivity contribution in [3.63, 3.8) is 0 Å². The third-order valence-electron chi connectivity index (χ3n) is 4.87. The molecule has 6 heteroatoms. The van der Waals surface area contributed by atoms with Gasteiger partial charge >= 0.3 is 0 Å². The topological polar surface area (TPSA) is 77.1 Å². The summed E-state index contributed by atoms with van der Waals surface area (Å²) in [7, 11) is 0. The summed E-state index contributed by atoms with van der Waals surface area (Å²) >= 11 is 0. The number of aromatic nitrogens is 2. The van der Waals surface area contributed by atoms with Crippen molar-refractivity contribution in [3.05, 3.63) is 40.9 Å². The van der Waals surface area contributed by atoms with Crippen molar-refractivity contribution < 1.29 is 9.21 Å². The molecule has 2 unspecified atom stereocenters. The van der Waals surface area contributed by atoms with Crippen LogP contribution in [0.25, 0.3) is 11.5 Å². The van der Waals surface area contributed by atoms with Gasteiger partial charge in [-0.1, -0.05) is 19.8 Å². The number of amides is 1. The van der Waals surface area contributed by atoms with Gasteiger partial charge < -0.3 is 9.73 Å². The Kier molecular flexibility index (Phi) is 5.68. The zero-order valence-corrected chi connectivity index (χ0v) is 14.6. The van der Waals surface area contributed by atoms with Crippen molar-refractivity contribution in [2.75, 3.05) is 0 Å².